The molecule has 2 fully saturated rings. The molecule has 0 spiro atoms. The van der Waals surface area contributed by atoms with Gasteiger partial charge in [-0.25, -0.2) is 4.39 Å². The summed E-state index contributed by atoms with van der Waals surface area (Å²) in [5.41, 5.74) is 0.957. The average molecular weight is 264 g/mol. The Labute approximate surface area is 111 Å². The first-order chi connectivity index (χ1) is 9.24. The molecule has 3 rings (SSSR count). The third-order valence-corrected chi connectivity index (χ3v) is 3.63. The van der Waals surface area contributed by atoms with Crippen molar-refractivity contribution in [2.24, 2.45) is 0 Å². The molecule has 1 heterocycles. The number of benzene rings is 1. The van der Waals surface area contributed by atoms with Gasteiger partial charge in [-0.3, -0.25) is 4.79 Å². The van der Waals surface area contributed by atoms with Crippen LogP contribution in [0.5, 0.6) is 0 Å². The van der Waals surface area contributed by atoms with Gasteiger partial charge in [-0.1, -0.05) is 12.1 Å². The van der Waals surface area contributed by atoms with Gasteiger partial charge in [0.05, 0.1) is 13.2 Å². The van der Waals surface area contributed by atoms with Crippen LogP contribution in [0.3, 0.4) is 0 Å². The monoisotopic (exact) mass is 264 g/mol. The Balaban J connectivity index is 1.54. The first kappa shape index (κ1) is 12.6. The molecular weight excluding hydrogens is 247 g/mol. The van der Waals surface area contributed by atoms with Gasteiger partial charge in [-0.2, -0.15) is 0 Å². The summed E-state index contributed by atoms with van der Waals surface area (Å²) < 4.78 is 18.4. The van der Waals surface area contributed by atoms with Crippen molar-refractivity contribution in [3.8, 4) is 0 Å². The Kier molecular flexibility index (Phi) is 3.48. The van der Waals surface area contributed by atoms with Crippen molar-refractivity contribution < 1.29 is 13.9 Å². The summed E-state index contributed by atoms with van der Waals surface area (Å²) in [5.74, 6) is -0.00964. The van der Waals surface area contributed by atoms with Gasteiger partial charge in [0, 0.05) is 18.5 Å². The first-order valence-corrected chi connectivity index (χ1v) is 6.61. The molecule has 1 aliphatic carbocycles. The van der Waals surface area contributed by atoms with Crippen LogP contribution in [0, 0.1) is 5.82 Å². The number of carbonyl (C=O) groups is 1. The number of rotatable bonds is 3. The second-order valence-electron chi connectivity index (χ2n) is 5.09. The van der Waals surface area contributed by atoms with Crippen molar-refractivity contribution in [1.82, 2.24) is 10.6 Å². The summed E-state index contributed by atoms with van der Waals surface area (Å²) in [4.78, 5) is 12.0. The molecule has 2 N–H and O–H groups in total. The van der Waals surface area contributed by atoms with Crippen LogP contribution in [-0.4, -0.2) is 37.7 Å². The predicted octanol–water partition coefficient (Wildman–Crippen LogP) is 0.786. The van der Waals surface area contributed by atoms with E-state index in [9.17, 15) is 9.18 Å². The second-order valence-corrected chi connectivity index (χ2v) is 5.09. The molecule has 0 bridgehead atoms. The van der Waals surface area contributed by atoms with E-state index < -0.39 is 0 Å². The topological polar surface area (TPSA) is 50.4 Å². The van der Waals surface area contributed by atoms with E-state index in [1.54, 1.807) is 12.1 Å². The highest BCUT2D eigenvalue weighted by molar-refractivity contribution is 5.82. The van der Waals surface area contributed by atoms with E-state index in [0.717, 1.165) is 12.0 Å². The third-order valence-electron chi connectivity index (χ3n) is 3.63. The van der Waals surface area contributed by atoms with Crippen LogP contribution in [0.1, 0.15) is 17.9 Å². The van der Waals surface area contributed by atoms with Gasteiger partial charge in [0.15, 0.2) is 0 Å². The molecule has 1 aliphatic heterocycles. The molecule has 1 amide bonds. The second kappa shape index (κ2) is 5.27. The molecule has 2 aliphatic rings. The fraction of sp³-hybridized carbons (Fsp3) is 0.500. The van der Waals surface area contributed by atoms with E-state index in [2.05, 4.69) is 10.6 Å². The number of nitrogens with one attached hydrogen (secondary N) is 2. The Morgan fingerprint density at radius 2 is 2.37 bits per heavy atom. The highest BCUT2D eigenvalue weighted by Crippen LogP contribution is 2.40. The smallest absolute Gasteiger partial charge is 0.239 e. The molecule has 5 heteroatoms. The van der Waals surface area contributed by atoms with Crippen LogP contribution >= 0.6 is 0 Å². The molecule has 1 aromatic rings. The number of hydrogen-bond donors (Lipinski definition) is 2. The molecular formula is C14H17FN2O2. The van der Waals surface area contributed by atoms with E-state index in [4.69, 9.17) is 4.74 Å². The highest BCUT2D eigenvalue weighted by Gasteiger charge is 2.40. The minimum atomic E-state index is -0.262. The minimum absolute atomic E-state index is 0.0244. The van der Waals surface area contributed by atoms with Crippen LogP contribution in [0.25, 0.3) is 0 Å². The third kappa shape index (κ3) is 2.93. The van der Waals surface area contributed by atoms with Gasteiger partial charge in [0.25, 0.3) is 0 Å². The number of halogens is 1. The summed E-state index contributed by atoms with van der Waals surface area (Å²) in [6.07, 6.45) is 0.878. The maximum absolute atomic E-state index is 13.1. The maximum Gasteiger partial charge on any atom is 0.239 e. The Hall–Kier alpha value is -1.46. The van der Waals surface area contributed by atoms with Gasteiger partial charge in [0.2, 0.25) is 5.91 Å². The van der Waals surface area contributed by atoms with Gasteiger partial charge < -0.3 is 15.4 Å². The number of ether oxygens (including phenoxy) is 1. The van der Waals surface area contributed by atoms with E-state index >= 15 is 0 Å². The van der Waals surface area contributed by atoms with Gasteiger partial charge in [-0.15, -0.1) is 0 Å². The van der Waals surface area contributed by atoms with Gasteiger partial charge in [-0.05, 0) is 24.1 Å². The van der Waals surface area contributed by atoms with Crippen LogP contribution in [0.2, 0.25) is 0 Å². The van der Waals surface area contributed by atoms with Crippen LogP contribution in [0.4, 0.5) is 4.39 Å². The zero-order valence-corrected chi connectivity index (χ0v) is 10.6. The van der Waals surface area contributed by atoms with Crippen LogP contribution in [0.15, 0.2) is 24.3 Å². The zero-order chi connectivity index (χ0) is 13.2. The Morgan fingerprint density at radius 3 is 3.11 bits per heavy atom. The minimum Gasteiger partial charge on any atom is -0.378 e. The summed E-state index contributed by atoms with van der Waals surface area (Å²) >= 11 is 0. The highest BCUT2D eigenvalue weighted by atomic mass is 19.1. The number of morpholine rings is 1. The molecule has 0 unspecified atom stereocenters. The maximum atomic E-state index is 13.1. The van der Waals surface area contributed by atoms with E-state index in [1.807, 2.05) is 6.07 Å². The molecule has 3 atom stereocenters. The van der Waals surface area contributed by atoms with Gasteiger partial charge in [0.1, 0.15) is 11.9 Å². The first-order valence-electron chi connectivity index (χ1n) is 6.61. The molecule has 0 radical (unpaired) electrons. The number of hydrogen-bond acceptors (Lipinski definition) is 3. The van der Waals surface area contributed by atoms with Crippen molar-refractivity contribution in [3.63, 3.8) is 0 Å². The van der Waals surface area contributed by atoms with Crippen molar-refractivity contribution in [2.45, 2.75) is 24.4 Å². The normalized spacial score (nSPS) is 29.8. The summed E-state index contributed by atoms with van der Waals surface area (Å²) in [6.45, 7) is 1.78. The molecule has 102 valence electrons. The van der Waals surface area contributed by atoms with Crippen molar-refractivity contribution in [1.29, 1.82) is 0 Å². The molecule has 19 heavy (non-hydrogen) atoms. The molecule has 0 aromatic heterocycles. The van der Waals surface area contributed by atoms with Crippen molar-refractivity contribution in [2.75, 3.05) is 19.8 Å². The van der Waals surface area contributed by atoms with Crippen molar-refractivity contribution in [3.05, 3.63) is 35.6 Å². The zero-order valence-electron chi connectivity index (χ0n) is 10.6. The quantitative estimate of drug-likeness (QED) is 0.848. The molecule has 4 nitrogen and oxygen atoms in total. The fourth-order valence-electron chi connectivity index (χ4n) is 2.48. The van der Waals surface area contributed by atoms with Crippen molar-refractivity contribution >= 4 is 5.91 Å². The lowest BCUT2D eigenvalue weighted by Gasteiger charge is -2.22. The number of carbonyl (C=O) groups excluding carboxylic acids is 1. The SMILES string of the molecule is O=C(N[C@@H]1C[C@@H]1c1cccc(F)c1)[C@H]1COCCN1. The molecule has 1 saturated carbocycles. The predicted molar refractivity (Wildman–Crippen MR) is 68.3 cm³/mol. The van der Waals surface area contributed by atoms with Crippen LogP contribution in [-0.2, 0) is 9.53 Å². The average Bonchev–Trinajstić information content (AvgIpc) is 3.19. The lowest BCUT2D eigenvalue weighted by molar-refractivity contribution is -0.126. The summed E-state index contributed by atoms with van der Waals surface area (Å²) in [6, 6.07) is 6.45. The van der Waals surface area contributed by atoms with E-state index in [0.29, 0.717) is 19.8 Å². The summed E-state index contributed by atoms with van der Waals surface area (Å²) in [7, 11) is 0. The fourth-order valence-corrected chi connectivity index (χ4v) is 2.48. The van der Waals surface area contributed by atoms with Gasteiger partial charge >= 0.3 is 0 Å². The lowest BCUT2D eigenvalue weighted by Crippen LogP contribution is -2.51. The Bertz CT molecular complexity index is 474. The molecule has 1 saturated heterocycles. The lowest BCUT2D eigenvalue weighted by atomic mass is 10.1. The Morgan fingerprint density at radius 1 is 1.47 bits per heavy atom. The molecule has 1 aromatic carbocycles. The van der Waals surface area contributed by atoms with Crippen LogP contribution < -0.4 is 10.6 Å². The largest absolute Gasteiger partial charge is 0.378 e. The van der Waals surface area contributed by atoms with E-state index in [1.165, 1.54) is 6.07 Å². The number of amides is 1. The summed E-state index contributed by atoms with van der Waals surface area (Å²) in [5, 5.41) is 6.11. The van der Waals surface area contributed by atoms with E-state index in [-0.39, 0.29) is 29.7 Å². The standard InChI is InChI=1S/C14H17FN2O2/c15-10-3-1-2-9(6-10)11-7-12(11)17-14(18)13-8-19-5-4-16-13/h1-3,6,11-13,16H,4-5,7-8H2,(H,17,18)/t11-,12-,13-/m1/s1.